The van der Waals surface area contributed by atoms with Gasteiger partial charge in [0.15, 0.2) is 0 Å². The molecule has 0 radical (unpaired) electrons. The summed E-state index contributed by atoms with van der Waals surface area (Å²) in [5.74, 6) is 0.938. The number of hydrogen-bond donors (Lipinski definition) is 0. The zero-order valence-corrected chi connectivity index (χ0v) is 10.2. The first kappa shape index (κ1) is 12.6. The van der Waals surface area contributed by atoms with Gasteiger partial charge in [0.1, 0.15) is 5.75 Å². The number of carbonyl (C=O) groups excluding carboxylic acids is 1. The van der Waals surface area contributed by atoms with Crippen molar-refractivity contribution >= 4 is 5.97 Å². The van der Waals surface area contributed by atoms with Crippen molar-refractivity contribution in [1.29, 1.82) is 0 Å². The maximum absolute atomic E-state index is 11.2. The molecule has 0 atom stereocenters. The van der Waals surface area contributed by atoms with Gasteiger partial charge in [-0.15, -0.1) is 0 Å². The Kier molecular flexibility index (Phi) is 4.35. The van der Waals surface area contributed by atoms with Crippen LogP contribution in [0.4, 0.5) is 0 Å². The van der Waals surface area contributed by atoms with E-state index >= 15 is 0 Å². The second kappa shape index (κ2) is 5.54. The van der Waals surface area contributed by atoms with Crippen LogP contribution in [0.1, 0.15) is 30.9 Å². The Morgan fingerprint density at radius 1 is 1.31 bits per heavy atom. The Morgan fingerprint density at radius 2 is 2.00 bits per heavy atom. The van der Waals surface area contributed by atoms with Crippen molar-refractivity contribution in [2.24, 2.45) is 0 Å². The van der Waals surface area contributed by atoms with Crippen LogP contribution in [0.15, 0.2) is 18.2 Å². The van der Waals surface area contributed by atoms with Crippen molar-refractivity contribution in [3.63, 3.8) is 0 Å². The van der Waals surface area contributed by atoms with Crippen molar-refractivity contribution in [3.05, 3.63) is 29.3 Å². The Morgan fingerprint density at radius 3 is 2.50 bits per heavy atom. The molecule has 1 aromatic carbocycles. The fourth-order valence-electron chi connectivity index (χ4n) is 1.49. The molecule has 0 saturated heterocycles. The molecule has 1 rings (SSSR count). The quantitative estimate of drug-likeness (QED) is 0.734. The number of rotatable bonds is 4. The summed E-state index contributed by atoms with van der Waals surface area (Å²) in [7, 11) is 3.00. The van der Waals surface area contributed by atoms with Gasteiger partial charge >= 0.3 is 5.97 Å². The van der Waals surface area contributed by atoms with Crippen LogP contribution in [0.5, 0.6) is 5.75 Å². The first-order valence-electron chi connectivity index (χ1n) is 5.32. The summed E-state index contributed by atoms with van der Waals surface area (Å²) in [5.41, 5.74) is 2.06. The average molecular weight is 222 g/mol. The van der Waals surface area contributed by atoms with Gasteiger partial charge < -0.3 is 9.47 Å². The molecule has 3 nitrogen and oxygen atoms in total. The lowest BCUT2D eigenvalue weighted by Gasteiger charge is -2.11. The normalized spacial score (nSPS) is 10.3. The van der Waals surface area contributed by atoms with E-state index in [2.05, 4.69) is 18.6 Å². The highest BCUT2D eigenvalue weighted by Gasteiger charge is 2.10. The zero-order valence-electron chi connectivity index (χ0n) is 10.2. The third-order valence-electron chi connectivity index (χ3n) is 2.54. The van der Waals surface area contributed by atoms with E-state index in [9.17, 15) is 4.79 Å². The molecule has 0 heterocycles. The van der Waals surface area contributed by atoms with Crippen LogP contribution in [0.2, 0.25) is 0 Å². The second-order valence-electron chi connectivity index (χ2n) is 3.98. The summed E-state index contributed by atoms with van der Waals surface area (Å²) in [6, 6.07) is 5.92. The van der Waals surface area contributed by atoms with Gasteiger partial charge in [0.2, 0.25) is 0 Å². The van der Waals surface area contributed by atoms with E-state index in [1.165, 1.54) is 12.7 Å². The predicted molar refractivity (Wildman–Crippen MR) is 62.8 cm³/mol. The van der Waals surface area contributed by atoms with Gasteiger partial charge in [0.05, 0.1) is 20.6 Å². The molecule has 1 aromatic rings. The van der Waals surface area contributed by atoms with Crippen LogP contribution in [-0.2, 0) is 16.0 Å². The number of benzene rings is 1. The molecule has 3 heteroatoms. The van der Waals surface area contributed by atoms with Crippen molar-refractivity contribution in [2.75, 3.05) is 14.2 Å². The van der Waals surface area contributed by atoms with Gasteiger partial charge in [0.25, 0.3) is 0 Å². The molecule has 0 aliphatic rings. The Bertz CT molecular complexity index is 369. The van der Waals surface area contributed by atoms with Crippen molar-refractivity contribution < 1.29 is 14.3 Å². The molecule has 0 unspecified atom stereocenters. The van der Waals surface area contributed by atoms with E-state index in [-0.39, 0.29) is 12.4 Å². The highest BCUT2D eigenvalue weighted by molar-refractivity contribution is 5.73. The summed E-state index contributed by atoms with van der Waals surface area (Å²) >= 11 is 0. The smallest absolute Gasteiger partial charge is 0.310 e. The number of methoxy groups -OCH3 is 2. The van der Waals surface area contributed by atoms with E-state index in [0.29, 0.717) is 5.92 Å². The van der Waals surface area contributed by atoms with Crippen LogP contribution in [0.25, 0.3) is 0 Å². The van der Waals surface area contributed by atoms with Crippen molar-refractivity contribution in [3.8, 4) is 5.75 Å². The molecule has 0 aromatic heterocycles. The standard InChI is InChI=1S/C13H18O3/c1-9(2)10-5-6-11(8-13(14)16-4)12(7-10)15-3/h5-7,9H,8H2,1-4H3. The maximum Gasteiger partial charge on any atom is 0.310 e. The first-order chi connectivity index (χ1) is 7.58. The first-order valence-corrected chi connectivity index (χ1v) is 5.32. The molecular formula is C13H18O3. The number of ether oxygens (including phenoxy) is 2. The summed E-state index contributed by atoms with van der Waals surface area (Å²) < 4.78 is 9.91. The van der Waals surface area contributed by atoms with E-state index in [1.807, 2.05) is 18.2 Å². The molecule has 0 amide bonds. The highest BCUT2D eigenvalue weighted by Crippen LogP contribution is 2.25. The van der Waals surface area contributed by atoms with Gasteiger partial charge in [-0.2, -0.15) is 0 Å². The molecule has 0 saturated carbocycles. The molecule has 0 bridgehead atoms. The van der Waals surface area contributed by atoms with Gasteiger partial charge in [-0.25, -0.2) is 0 Å². The second-order valence-corrected chi connectivity index (χ2v) is 3.98. The summed E-state index contributed by atoms with van der Waals surface area (Å²) in [4.78, 5) is 11.2. The van der Waals surface area contributed by atoms with Crippen LogP contribution in [-0.4, -0.2) is 20.2 Å². The molecular weight excluding hydrogens is 204 g/mol. The summed E-state index contributed by atoms with van der Waals surface area (Å²) in [5, 5.41) is 0. The monoisotopic (exact) mass is 222 g/mol. The topological polar surface area (TPSA) is 35.5 Å². The van der Waals surface area contributed by atoms with E-state index in [0.717, 1.165) is 11.3 Å². The average Bonchev–Trinajstić information content (AvgIpc) is 2.29. The third kappa shape index (κ3) is 2.99. The molecule has 16 heavy (non-hydrogen) atoms. The van der Waals surface area contributed by atoms with E-state index in [4.69, 9.17) is 4.74 Å². The van der Waals surface area contributed by atoms with Gasteiger partial charge in [-0.3, -0.25) is 4.79 Å². The van der Waals surface area contributed by atoms with Gasteiger partial charge in [0, 0.05) is 5.56 Å². The van der Waals surface area contributed by atoms with E-state index in [1.54, 1.807) is 7.11 Å². The lowest BCUT2D eigenvalue weighted by Crippen LogP contribution is -2.06. The van der Waals surface area contributed by atoms with Crippen molar-refractivity contribution in [1.82, 2.24) is 0 Å². The summed E-state index contributed by atoms with van der Waals surface area (Å²) in [6.07, 6.45) is 0.248. The fourth-order valence-corrected chi connectivity index (χ4v) is 1.49. The third-order valence-corrected chi connectivity index (χ3v) is 2.54. The van der Waals surface area contributed by atoms with Crippen LogP contribution >= 0.6 is 0 Å². The minimum atomic E-state index is -0.254. The molecule has 0 N–H and O–H groups in total. The molecule has 0 fully saturated rings. The number of esters is 1. The number of carbonyl (C=O) groups is 1. The minimum Gasteiger partial charge on any atom is -0.496 e. The van der Waals surface area contributed by atoms with E-state index < -0.39 is 0 Å². The van der Waals surface area contributed by atoms with Gasteiger partial charge in [-0.05, 0) is 17.5 Å². The SMILES string of the molecule is COC(=O)Cc1ccc(C(C)C)cc1OC. The largest absolute Gasteiger partial charge is 0.496 e. The molecule has 0 aliphatic heterocycles. The fraction of sp³-hybridized carbons (Fsp3) is 0.462. The maximum atomic E-state index is 11.2. The molecule has 0 spiro atoms. The Hall–Kier alpha value is -1.51. The summed E-state index contributed by atoms with van der Waals surface area (Å²) in [6.45, 7) is 4.24. The lowest BCUT2D eigenvalue weighted by atomic mass is 10.00. The minimum absolute atomic E-state index is 0.248. The number of hydrogen-bond acceptors (Lipinski definition) is 3. The molecule has 88 valence electrons. The Balaban J connectivity index is 2.97. The zero-order chi connectivity index (χ0) is 12.1. The van der Waals surface area contributed by atoms with Crippen molar-refractivity contribution in [2.45, 2.75) is 26.2 Å². The highest BCUT2D eigenvalue weighted by atomic mass is 16.5. The predicted octanol–water partition coefficient (Wildman–Crippen LogP) is 2.53. The van der Waals surface area contributed by atoms with Crippen LogP contribution in [0, 0.1) is 0 Å². The van der Waals surface area contributed by atoms with Crippen LogP contribution in [0.3, 0.4) is 0 Å². The lowest BCUT2D eigenvalue weighted by molar-refractivity contribution is -0.139. The van der Waals surface area contributed by atoms with Crippen LogP contribution < -0.4 is 4.74 Å². The molecule has 0 aliphatic carbocycles. The Labute approximate surface area is 96.4 Å². The van der Waals surface area contributed by atoms with Gasteiger partial charge in [-0.1, -0.05) is 26.0 Å².